The molecule has 1 aliphatic rings. The number of likely N-dealkylation sites (tertiary alicyclic amines) is 1. The summed E-state index contributed by atoms with van der Waals surface area (Å²) in [5.74, 6) is -0.742. The van der Waals surface area contributed by atoms with E-state index in [4.69, 9.17) is 5.73 Å². The van der Waals surface area contributed by atoms with E-state index in [1.165, 1.54) is 18.2 Å². The molecule has 1 amide bonds. The molecule has 104 valence electrons. The van der Waals surface area contributed by atoms with Gasteiger partial charge in [-0.1, -0.05) is 0 Å². The van der Waals surface area contributed by atoms with E-state index in [0.717, 1.165) is 6.42 Å². The van der Waals surface area contributed by atoms with Gasteiger partial charge in [-0.3, -0.25) is 4.79 Å². The van der Waals surface area contributed by atoms with Gasteiger partial charge in [-0.2, -0.15) is 0 Å². The van der Waals surface area contributed by atoms with Gasteiger partial charge in [-0.15, -0.1) is 0 Å². The van der Waals surface area contributed by atoms with E-state index in [9.17, 15) is 14.3 Å². The Balaban J connectivity index is 2.17. The third-order valence-electron chi connectivity index (χ3n) is 3.60. The average Bonchev–Trinajstić information content (AvgIpc) is 2.52. The minimum Gasteiger partial charge on any atom is -0.398 e. The molecule has 19 heavy (non-hydrogen) atoms. The van der Waals surface area contributed by atoms with Crippen molar-refractivity contribution in [3.05, 3.63) is 29.6 Å². The number of hydrogen-bond donors (Lipinski definition) is 2. The van der Waals surface area contributed by atoms with Crippen molar-refractivity contribution in [3.63, 3.8) is 0 Å². The molecule has 0 aliphatic carbocycles. The minimum absolute atomic E-state index is 0.196. The van der Waals surface area contributed by atoms with Crippen molar-refractivity contribution in [2.75, 3.05) is 18.8 Å². The van der Waals surface area contributed by atoms with E-state index in [0.29, 0.717) is 25.9 Å². The fourth-order valence-electron chi connectivity index (χ4n) is 2.35. The van der Waals surface area contributed by atoms with Crippen LogP contribution in [0.25, 0.3) is 0 Å². The van der Waals surface area contributed by atoms with E-state index in [2.05, 4.69) is 0 Å². The van der Waals surface area contributed by atoms with Crippen molar-refractivity contribution in [1.29, 1.82) is 0 Å². The number of carbonyl (C=O) groups excluding carboxylic acids is 1. The van der Waals surface area contributed by atoms with Crippen LogP contribution >= 0.6 is 0 Å². The number of nitrogens with two attached hydrogens (primary N) is 1. The van der Waals surface area contributed by atoms with Crippen molar-refractivity contribution in [3.8, 4) is 0 Å². The van der Waals surface area contributed by atoms with Crippen molar-refractivity contribution < 1.29 is 14.3 Å². The summed E-state index contributed by atoms with van der Waals surface area (Å²) >= 11 is 0. The summed E-state index contributed by atoms with van der Waals surface area (Å²) in [6, 6.07) is 3.80. The first-order valence-electron chi connectivity index (χ1n) is 6.46. The van der Waals surface area contributed by atoms with Crippen LogP contribution in [0, 0.1) is 5.82 Å². The third-order valence-corrected chi connectivity index (χ3v) is 3.60. The summed E-state index contributed by atoms with van der Waals surface area (Å²) in [6.45, 7) is 2.80. The lowest BCUT2D eigenvalue weighted by molar-refractivity contribution is 0.0438. The van der Waals surface area contributed by atoms with Crippen LogP contribution in [0.5, 0.6) is 0 Å². The standard InChI is InChI=1S/C14H19FN2O2/c1-14(19)5-2-7-17(8-6-14)13(18)11-9-10(15)3-4-12(11)16/h3-4,9,19H,2,5-8,16H2,1H3. The van der Waals surface area contributed by atoms with Gasteiger partial charge in [-0.05, 0) is 44.4 Å². The van der Waals surface area contributed by atoms with Gasteiger partial charge in [0.25, 0.3) is 5.91 Å². The molecule has 0 saturated carbocycles. The molecule has 1 heterocycles. The Morgan fingerprint density at radius 1 is 1.42 bits per heavy atom. The predicted octanol–water partition coefficient (Wildman–Crippen LogP) is 1.79. The first-order valence-corrected chi connectivity index (χ1v) is 6.46. The van der Waals surface area contributed by atoms with Gasteiger partial charge in [0.1, 0.15) is 5.82 Å². The zero-order valence-corrected chi connectivity index (χ0v) is 11.0. The zero-order chi connectivity index (χ0) is 14.0. The lowest BCUT2D eigenvalue weighted by Gasteiger charge is -2.23. The van der Waals surface area contributed by atoms with Gasteiger partial charge in [0, 0.05) is 18.8 Å². The number of nitrogen functional groups attached to an aromatic ring is 1. The molecule has 2 rings (SSSR count). The minimum atomic E-state index is -0.734. The highest BCUT2D eigenvalue weighted by Crippen LogP contribution is 2.23. The number of halogens is 1. The third kappa shape index (κ3) is 3.23. The maximum absolute atomic E-state index is 13.2. The molecular formula is C14H19FN2O2. The SMILES string of the molecule is CC1(O)CCCN(C(=O)c2cc(F)ccc2N)CC1. The van der Waals surface area contributed by atoms with Crippen LogP contribution in [0.3, 0.4) is 0 Å². The van der Waals surface area contributed by atoms with Crippen LogP contribution in [0.4, 0.5) is 10.1 Å². The van der Waals surface area contributed by atoms with Gasteiger partial charge in [0.2, 0.25) is 0 Å². The number of amides is 1. The molecule has 5 heteroatoms. The van der Waals surface area contributed by atoms with Gasteiger partial charge in [-0.25, -0.2) is 4.39 Å². The molecule has 1 aromatic carbocycles. The van der Waals surface area contributed by atoms with E-state index >= 15 is 0 Å². The van der Waals surface area contributed by atoms with Crippen LogP contribution in [0.1, 0.15) is 36.5 Å². The quantitative estimate of drug-likeness (QED) is 0.761. The molecular weight excluding hydrogens is 247 g/mol. The highest BCUT2D eigenvalue weighted by atomic mass is 19.1. The Morgan fingerprint density at radius 2 is 2.16 bits per heavy atom. The Labute approximate surface area is 112 Å². The maximum atomic E-state index is 13.2. The normalized spacial score (nSPS) is 24.1. The summed E-state index contributed by atoms with van der Waals surface area (Å²) < 4.78 is 13.2. The largest absolute Gasteiger partial charge is 0.398 e. The molecule has 3 N–H and O–H groups in total. The zero-order valence-electron chi connectivity index (χ0n) is 11.0. The van der Waals surface area contributed by atoms with Crippen LogP contribution in [0.15, 0.2) is 18.2 Å². The molecule has 1 atom stereocenters. The van der Waals surface area contributed by atoms with Crippen LogP contribution in [0.2, 0.25) is 0 Å². The van der Waals surface area contributed by atoms with Crippen molar-refractivity contribution >= 4 is 11.6 Å². The maximum Gasteiger partial charge on any atom is 0.256 e. The molecule has 0 aromatic heterocycles. The lowest BCUT2D eigenvalue weighted by atomic mass is 9.98. The summed E-state index contributed by atoms with van der Waals surface area (Å²) in [5, 5.41) is 10.0. The average molecular weight is 266 g/mol. The van der Waals surface area contributed by atoms with E-state index in [1.54, 1.807) is 11.8 Å². The predicted molar refractivity (Wildman–Crippen MR) is 71.2 cm³/mol. The molecule has 0 bridgehead atoms. The highest BCUT2D eigenvalue weighted by molar-refractivity contribution is 5.99. The molecule has 1 fully saturated rings. The second-order valence-corrected chi connectivity index (χ2v) is 5.37. The van der Waals surface area contributed by atoms with Crippen molar-refractivity contribution in [2.24, 2.45) is 0 Å². The molecule has 4 nitrogen and oxygen atoms in total. The molecule has 1 unspecified atom stereocenters. The smallest absolute Gasteiger partial charge is 0.256 e. The first-order chi connectivity index (χ1) is 8.89. The fraction of sp³-hybridized carbons (Fsp3) is 0.500. The Morgan fingerprint density at radius 3 is 2.89 bits per heavy atom. The Hall–Kier alpha value is -1.62. The molecule has 0 spiro atoms. The van der Waals surface area contributed by atoms with Gasteiger partial charge in [0.05, 0.1) is 11.2 Å². The number of hydrogen-bond acceptors (Lipinski definition) is 3. The fourth-order valence-corrected chi connectivity index (χ4v) is 2.35. The second kappa shape index (κ2) is 5.17. The number of nitrogens with zero attached hydrogens (tertiary/aromatic N) is 1. The lowest BCUT2D eigenvalue weighted by Crippen LogP contribution is -2.34. The summed E-state index contributed by atoms with van der Waals surface area (Å²) in [4.78, 5) is 14.0. The molecule has 1 aliphatic heterocycles. The van der Waals surface area contributed by atoms with Crippen LogP contribution in [-0.4, -0.2) is 34.6 Å². The van der Waals surface area contributed by atoms with E-state index in [-0.39, 0.29) is 17.2 Å². The summed E-state index contributed by atoms with van der Waals surface area (Å²) in [7, 11) is 0. The van der Waals surface area contributed by atoms with Gasteiger partial charge >= 0.3 is 0 Å². The van der Waals surface area contributed by atoms with E-state index in [1.807, 2.05) is 0 Å². The number of rotatable bonds is 1. The van der Waals surface area contributed by atoms with Crippen molar-refractivity contribution in [1.82, 2.24) is 4.90 Å². The first kappa shape index (κ1) is 13.8. The summed E-state index contributed by atoms with van der Waals surface area (Å²) in [6.07, 6.45) is 1.91. The number of carbonyl (C=O) groups is 1. The number of benzene rings is 1. The van der Waals surface area contributed by atoms with Gasteiger partial charge < -0.3 is 15.7 Å². The van der Waals surface area contributed by atoms with Crippen molar-refractivity contribution in [2.45, 2.75) is 31.8 Å². The van der Waals surface area contributed by atoms with Gasteiger partial charge in [0.15, 0.2) is 0 Å². The summed E-state index contributed by atoms with van der Waals surface area (Å²) in [5.41, 5.74) is 5.47. The topological polar surface area (TPSA) is 66.6 Å². The number of anilines is 1. The van der Waals surface area contributed by atoms with Crippen LogP contribution in [-0.2, 0) is 0 Å². The number of aliphatic hydroxyl groups is 1. The van der Waals surface area contributed by atoms with E-state index < -0.39 is 11.4 Å². The Kier molecular flexibility index (Phi) is 3.75. The monoisotopic (exact) mass is 266 g/mol. The molecule has 0 radical (unpaired) electrons. The van der Waals surface area contributed by atoms with Crippen LogP contribution < -0.4 is 5.73 Å². The molecule has 1 aromatic rings. The highest BCUT2D eigenvalue weighted by Gasteiger charge is 2.28. The second-order valence-electron chi connectivity index (χ2n) is 5.37. The molecule has 1 saturated heterocycles. The Bertz CT molecular complexity index is 488.